The molecule has 0 saturated carbocycles. The molecule has 0 spiro atoms. The van der Waals surface area contributed by atoms with Crippen LogP contribution in [0.4, 0.5) is 0 Å². The number of hydrogen-bond donors (Lipinski definition) is 0. The average Bonchev–Trinajstić information content (AvgIpc) is 2.76. The standard InChI is InChI=1S/C9H14B.C5H5.5CH3.2ClH.Zr/c1-9(2,3)10-7-5-4-6-8-10;1-2-4-5-3-1;;;;;;;;/h4-6H,7H2,1-3H3;1-3H,4H2;5*1H3;2*1H;/q7*-1;;;. The van der Waals surface area contributed by atoms with Crippen molar-refractivity contribution >= 4 is 31.5 Å². The van der Waals surface area contributed by atoms with Gasteiger partial charge in [-0.1, -0.05) is 32.4 Å². The van der Waals surface area contributed by atoms with Gasteiger partial charge in [-0.15, -0.1) is 31.2 Å². The Balaban J connectivity index is -0.0000000262. The first-order chi connectivity index (χ1) is 7.11. The van der Waals surface area contributed by atoms with Crippen LogP contribution in [-0.2, 0) is 26.2 Å². The van der Waals surface area contributed by atoms with Crippen molar-refractivity contribution in [2.75, 3.05) is 0 Å². The van der Waals surface area contributed by atoms with Crippen molar-refractivity contribution in [3.05, 3.63) is 85.6 Å². The maximum atomic E-state index is 3.35. The Kier molecular flexibility index (Phi) is 58.9. The molecule has 2 rings (SSSR count). The summed E-state index contributed by atoms with van der Waals surface area (Å²) in [6.45, 7) is 7.39. The molecule has 4 heteroatoms. The van der Waals surface area contributed by atoms with Gasteiger partial charge < -0.3 is 43.1 Å². The molecule has 2 aliphatic rings. The summed E-state index contributed by atoms with van der Waals surface area (Å²) < 4.78 is 0. The van der Waals surface area contributed by atoms with Crippen molar-refractivity contribution in [1.29, 1.82) is 0 Å². The van der Waals surface area contributed by atoms with Crippen LogP contribution >= 0.6 is 24.8 Å². The van der Waals surface area contributed by atoms with Crippen molar-refractivity contribution in [1.82, 2.24) is 0 Å². The monoisotopic (exact) mass is 435 g/mol. The van der Waals surface area contributed by atoms with E-state index in [0.29, 0.717) is 12.0 Å². The van der Waals surface area contributed by atoms with Crippen molar-refractivity contribution in [3.63, 3.8) is 0 Å². The molecule has 0 unspecified atom stereocenters. The van der Waals surface area contributed by atoms with E-state index in [4.69, 9.17) is 0 Å². The molecule has 1 heterocycles. The smallest absolute Gasteiger partial charge is 0.0682 e. The zero-order valence-electron chi connectivity index (χ0n) is 16.3. The topological polar surface area (TPSA) is 0 Å². The zero-order chi connectivity index (χ0) is 11.1. The number of rotatable bonds is 0. The molecule has 0 bridgehead atoms. The number of halogens is 2. The molecule has 0 fully saturated rings. The second-order valence-electron chi connectivity index (χ2n) is 4.92. The Morgan fingerprint density at radius 1 is 0.826 bits per heavy atom. The van der Waals surface area contributed by atoms with E-state index >= 15 is 0 Å². The molecule has 140 valence electrons. The van der Waals surface area contributed by atoms with E-state index in [1.165, 1.54) is 0 Å². The molecule has 0 aromatic heterocycles. The van der Waals surface area contributed by atoms with Gasteiger partial charge in [-0.05, 0) is 0 Å². The van der Waals surface area contributed by atoms with E-state index in [2.05, 4.69) is 51.1 Å². The minimum atomic E-state index is 0. The third-order valence-electron chi connectivity index (χ3n) is 2.53. The fourth-order valence-corrected chi connectivity index (χ4v) is 1.47. The summed E-state index contributed by atoms with van der Waals surface area (Å²) in [7, 11) is 0. The predicted molar refractivity (Wildman–Crippen MR) is 115 cm³/mol. The van der Waals surface area contributed by atoms with Crippen LogP contribution in [0.5, 0.6) is 0 Å². The summed E-state index contributed by atoms with van der Waals surface area (Å²) in [5, 5.41) is 0.376. The van der Waals surface area contributed by atoms with Crippen LogP contribution in [0, 0.1) is 49.2 Å². The predicted octanol–water partition coefficient (Wildman–Crippen LogP) is 7.15. The zero-order valence-corrected chi connectivity index (χ0v) is 20.4. The van der Waals surface area contributed by atoms with Gasteiger partial charge in [-0.2, -0.15) is 12.2 Å². The van der Waals surface area contributed by atoms with E-state index in [1.54, 1.807) is 0 Å². The molecule has 1 aliphatic heterocycles. The third-order valence-corrected chi connectivity index (χ3v) is 2.53. The Morgan fingerprint density at radius 3 is 1.48 bits per heavy atom. The summed E-state index contributed by atoms with van der Waals surface area (Å²) in [6, 6.07) is 0. The quantitative estimate of drug-likeness (QED) is 0.279. The van der Waals surface area contributed by atoms with Crippen LogP contribution < -0.4 is 0 Å². The van der Waals surface area contributed by atoms with Gasteiger partial charge in [0.05, 0.1) is 6.71 Å². The summed E-state index contributed by atoms with van der Waals surface area (Å²) in [4.78, 5) is 0. The summed E-state index contributed by atoms with van der Waals surface area (Å²) in [6.07, 6.45) is 17.5. The SMILES string of the molecule is CC(C)(C)B1[C-]=CC=CC1.Cl.Cl.[C-]1=CC=CC1.[CH3-].[CH3-].[CH3-].[CH3-].[CH3-].[Zr]. The van der Waals surface area contributed by atoms with Gasteiger partial charge in [-0.25, -0.2) is 24.3 Å². The largest absolute Gasteiger partial charge is 0.358 e. The first-order valence-electron chi connectivity index (χ1n) is 5.57. The second-order valence-corrected chi connectivity index (χ2v) is 4.92. The van der Waals surface area contributed by atoms with Gasteiger partial charge in [0, 0.05) is 26.2 Å². The van der Waals surface area contributed by atoms with Crippen molar-refractivity contribution in [2.24, 2.45) is 0 Å². The first-order valence-corrected chi connectivity index (χ1v) is 5.57. The fourth-order valence-electron chi connectivity index (χ4n) is 1.47. The first kappa shape index (κ1) is 49.5. The maximum absolute atomic E-state index is 3.35. The van der Waals surface area contributed by atoms with E-state index < -0.39 is 0 Å². The summed E-state index contributed by atoms with van der Waals surface area (Å²) >= 11 is 0. The molecule has 0 amide bonds. The maximum Gasteiger partial charge on any atom is 0.0682 e. The molecule has 23 heavy (non-hydrogen) atoms. The Hall–Kier alpha value is 0.488. The van der Waals surface area contributed by atoms with Crippen LogP contribution in [0.3, 0.4) is 0 Å². The van der Waals surface area contributed by atoms with E-state index in [1.807, 2.05) is 18.2 Å². The summed E-state index contributed by atoms with van der Waals surface area (Å²) in [5.41, 5.74) is 0. The number of hydrogen-bond acceptors (Lipinski definition) is 0. The fraction of sp³-hybridized carbons (Fsp3) is 0.316. The van der Waals surface area contributed by atoms with Gasteiger partial charge in [0.25, 0.3) is 0 Å². The second kappa shape index (κ2) is 27.3. The van der Waals surface area contributed by atoms with E-state index in [-0.39, 0.29) is 88.2 Å². The van der Waals surface area contributed by atoms with Crippen molar-refractivity contribution < 1.29 is 26.2 Å². The summed E-state index contributed by atoms with van der Waals surface area (Å²) in [5.74, 6) is 3.35. The number of allylic oxidation sites excluding steroid dienone is 7. The normalized spacial score (nSPS) is 11.7. The molecular formula is C19H36BCl2Zr-7. The Morgan fingerprint density at radius 2 is 1.30 bits per heavy atom. The van der Waals surface area contributed by atoms with Gasteiger partial charge in [0.15, 0.2) is 0 Å². The van der Waals surface area contributed by atoms with E-state index in [0.717, 1.165) is 12.7 Å². The molecule has 0 N–H and O–H groups in total. The Labute approximate surface area is 181 Å². The van der Waals surface area contributed by atoms with Crippen LogP contribution in [0.1, 0.15) is 27.2 Å². The molecule has 0 saturated heterocycles. The van der Waals surface area contributed by atoms with Crippen molar-refractivity contribution in [3.8, 4) is 0 Å². The minimum absolute atomic E-state index is 0. The van der Waals surface area contributed by atoms with Crippen molar-refractivity contribution in [2.45, 2.75) is 38.8 Å². The van der Waals surface area contributed by atoms with Gasteiger partial charge in [-0.3, -0.25) is 6.08 Å². The molecule has 0 radical (unpaired) electrons. The van der Waals surface area contributed by atoms with Crippen LogP contribution in [0.2, 0.25) is 11.6 Å². The molecule has 0 nitrogen and oxygen atoms in total. The van der Waals surface area contributed by atoms with Gasteiger partial charge in [0.1, 0.15) is 0 Å². The third kappa shape index (κ3) is 24.9. The van der Waals surface area contributed by atoms with Crippen LogP contribution in [0.15, 0.2) is 36.5 Å². The van der Waals surface area contributed by atoms with Crippen LogP contribution in [-0.4, -0.2) is 6.71 Å². The molecular weight excluding hydrogens is 401 g/mol. The molecule has 0 aromatic rings. The van der Waals surface area contributed by atoms with E-state index in [9.17, 15) is 0 Å². The minimum Gasteiger partial charge on any atom is -0.358 e. The molecule has 0 atom stereocenters. The Bertz CT molecular complexity index is 293. The average molecular weight is 437 g/mol. The molecule has 0 aromatic carbocycles. The van der Waals surface area contributed by atoms with Crippen LogP contribution in [0.25, 0.3) is 0 Å². The van der Waals surface area contributed by atoms with Gasteiger partial charge in [0.2, 0.25) is 0 Å². The van der Waals surface area contributed by atoms with Gasteiger partial charge >= 0.3 is 0 Å². The molecule has 1 aliphatic carbocycles.